The van der Waals surface area contributed by atoms with Gasteiger partial charge in [-0.1, -0.05) is 124 Å². The first-order chi connectivity index (χ1) is 54.7. The number of terminal acetylenes is 1. The molecule has 0 radical (unpaired) electrons. The zero-order chi connectivity index (χ0) is 82.9. The number of nitrogens with zero attached hydrogens (tertiary/aromatic N) is 8. The maximum atomic E-state index is 12.7. The summed E-state index contributed by atoms with van der Waals surface area (Å²) < 4.78 is 67.7. The van der Waals surface area contributed by atoms with Gasteiger partial charge in [0.05, 0.1) is 32.7 Å². The molecule has 118 heavy (non-hydrogen) atoms. The maximum Gasteiger partial charge on any atom is 1.00 e. The number of hydrogen-bond donors (Lipinski definition) is 4. The molecule has 5 aromatic carbocycles. The Morgan fingerprint density at radius 2 is 0.966 bits per heavy atom. The van der Waals surface area contributed by atoms with Crippen LogP contribution in [0.3, 0.4) is 0 Å². The van der Waals surface area contributed by atoms with Crippen LogP contribution in [0.25, 0.3) is 32.7 Å². The third kappa shape index (κ3) is 36.3. The SMILES string of the molecule is C.C#Cc1ccccn1.CO.Cl.O=C1CC(CO)CCN1.O=C1CC(Cc2ccccc2)CCN1.O=CO[O-].O=P(Cl)(Cl)Cl.O=S(=O)=O.O=S(=O)=O.O=c1c2ccc(Br)cc2nc2n1CCC(Cc1ccccc1)C2.O=c1c2ccc(Br)cc2nc2n1CCC1CC21.O=c1c2ccc(C#Cc3ccccn3)cc2nc2n1CCC1CC21.[H-].[K+].[K+]. The van der Waals surface area contributed by atoms with Gasteiger partial charge < -0.3 is 32.4 Å². The number of aliphatic hydroxyl groups is 2. The summed E-state index contributed by atoms with van der Waals surface area (Å²) in [6.45, 7) is 3.95. The standard InChI is InChI=1S/C20H15N3O.C19H17BrN2O.C13H11BrN2O.C12H15NO.C7H5N.C6H11NO2.CH2O3.CH4O.CH4.Cl3OP.ClH.2K.2O3S.H/c24-20-16-7-5-13(4-6-15-3-1-2-9-21-15)11-18(16)22-19-17-12-14(17)8-10-23(19)20;20-15-6-7-16-17(12-15)21-18-11-14(8-9-22(18)19(16)23)10-13-4-2-1-3-5-13;14-8-1-2-9-11(6-8)15-12-10-5-7(10)3-4-16(12)13(9)17;14-12-9-11(6-7-13-12)8-10-4-2-1-3-5-10;1-2-7-5-3-4-6-8-7;8-4-5-1-2-7-6(9)3-5;2-1-4-3;1-2;;1-5(2,3)4;;;;2*1-4(2)3;/h1-3,5,7,9,11,14,17H,8,10,12H2;1-7,12,14H,8-11H2;1-2,6-7,10H,3-5H2;1-5,11H,6-9H2,(H,13,14);1,3-6H;5,8H,1-4H2,(H,7,9);1,3H;2H,1H3;1H4;;1H;;;;;/q;;;;;;;;;;;2*+1;;;-1/p-1. The van der Waals surface area contributed by atoms with Gasteiger partial charge in [-0.3, -0.25) is 47.0 Å². The van der Waals surface area contributed by atoms with Crippen molar-refractivity contribution in [2.24, 2.45) is 29.6 Å². The third-order valence-electron chi connectivity index (χ3n) is 18.7. The number of aromatic nitrogens is 8. The van der Waals surface area contributed by atoms with Crippen molar-refractivity contribution in [2.75, 3.05) is 26.8 Å². The van der Waals surface area contributed by atoms with Gasteiger partial charge in [-0.05, 0) is 217 Å². The number of nitrogens with one attached hydrogen (secondary N) is 2. The largest absolute Gasteiger partial charge is 1.00 e. The van der Waals surface area contributed by atoms with Gasteiger partial charge in [-0.25, -0.2) is 24.9 Å². The number of rotatable bonds is 6. The topological polar surface area (TPSA) is 398 Å². The van der Waals surface area contributed by atoms with Crippen molar-refractivity contribution < 1.29 is 169 Å². The second kappa shape index (κ2) is 55.3. The van der Waals surface area contributed by atoms with Crippen molar-refractivity contribution >= 4 is 155 Å². The van der Waals surface area contributed by atoms with E-state index >= 15 is 0 Å². The molecule has 5 aromatic heterocycles. The Kier molecular flexibility index (Phi) is 49.8. The number of hydrogen-bond acceptors (Lipinski definition) is 22. The molecule has 2 saturated heterocycles. The van der Waals surface area contributed by atoms with Gasteiger partial charge in [0, 0.05) is 104 Å². The molecule has 2 aliphatic carbocycles. The Morgan fingerprint density at radius 1 is 0.576 bits per heavy atom. The Labute approximate surface area is 809 Å². The smallest absolute Gasteiger partial charge is 1.00 e. The number of halogens is 6. The minimum Gasteiger partial charge on any atom is -1.00 e. The van der Waals surface area contributed by atoms with E-state index in [0.29, 0.717) is 53.0 Å². The van der Waals surface area contributed by atoms with E-state index < -0.39 is 26.4 Å². The number of carbonyl (C=O) groups excluding carboxylic acids is 3. The second-order valence-corrected chi connectivity index (χ2v) is 35.6. The number of carbonyl (C=O) groups is 3. The quantitative estimate of drug-likeness (QED) is 0.0388. The molecule has 27 nitrogen and oxygen atoms in total. The molecular weight excluding hydrogens is 1850 g/mol. The summed E-state index contributed by atoms with van der Waals surface area (Å²) in [7, 11) is -5.22. The van der Waals surface area contributed by atoms with E-state index in [4.69, 9.17) is 66.9 Å². The first kappa shape index (κ1) is 106. The summed E-state index contributed by atoms with van der Waals surface area (Å²) in [5.41, 5.74) is 7.65. The molecule has 7 atom stereocenters. The number of aliphatic hydroxyl groups excluding tert-OH is 2. The zero-order valence-electron chi connectivity index (χ0n) is 64.7. The predicted molar refractivity (Wildman–Crippen MR) is 452 cm³/mol. The Bertz CT molecular complexity index is 5520. The van der Waals surface area contributed by atoms with E-state index in [1.807, 2.05) is 111 Å². The van der Waals surface area contributed by atoms with E-state index in [-0.39, 0.29) is 172 Å². The molecule has 4 N–H and O–H groups in total. The van der Waals surface area contributed by atoms with Gasteiger partial charge in [0.25, 0.3) is 23.2 Å². The average Bonchev–Trinajstić information content (AvgIpc) is 1.61. The fourth-order valence-corrected chi connectivity index (χ4v) is 14.0. The summed E-state index contributed by atoms with van der Waals surface area (Å²) in [6, 6.07) is 49.1. The molecular formula is C80H85Br2Cl4K2N10O17PS2. The first-order valence-corrected chi connectivity index (χ1v) is 43.6. The zero-order valence-corrected chi connectivity index (χ0v) is 78.7. The molecule has 7 unspecified atom stereocenters. The normalized spacial score (nSPS) is 17.6. The van der Waals surface area contributed by atoms with Crippen LogP contribution in [0.4, 0.5) is 0 Å². The minimum atomic E-state index is -3.22. The minimum absolute atomic E-state index is 0. The molecule has 0 bridgehead atoms. The predicted octanol–water partition coefficient (Wildman–Crippen LogP) is 5.68. The Hall–Kier alpha value is -5.91. The molecule has 10 aromatic rings. The van der Waals surface area contributed by atoms with E-state index in [2.05, 4.69) is 157 Å². The van der Waals surface area contributed by atoms with Gasteiger partial charge >= 0.3 is 129 Å². The molecule has 0 spiro atoms. The summed E-state index contributed by atoms with van der Waals surface area (Å²) >= 11 is 20.7. The van der Waals surface area contributed by atoms with Crippen molar-refractivity contribution in [2.45, 2.75) is 116 Å². The van der Waals surface area contributed by atoms with Crippen LogP contribution < -0.4 is 135 Å². The van der Waals surface area contributed by atoms with Crippen molar-refractivity contribution in [3.8, 4) is 24.2 Å². The number of benzene rings is 5. The van der Waals surface area contributed by atoms with E-state index in [1.165, 1.54) is 24.0 Å². The number of piperidine rings is 2. The Morgan fingerprint density at radius 3 is 1.37 bits per heavy atom. The van der Waals surface area contributed by atoms with Crippen LogP contribution in [0.1, 0.15) is 124 Å². The summed E-state index contributed by atoms with van der Waals surface area (Å²) in [6.07, 6.45) is 20.3. The van der Waals surface area contributed by atoms with Gasteiger partial charge in [0.1, 0.15) is 28.9 Å². The summed E-state index contributed by atoms with van der Waals surface area (Å²) in [4.78, 5) is 93.0. The maximum absolute atomic E-state index is 12.7. The van der Waals surface area contributed by atoms with Crippen LogP contribution >= 0.6 is 83.2 Å². The van der Waals surface area contributed by atoms with Gasteiger partial charge in [-0.2, -0.15) is 0 Å². The second-order valence-electron chi connectivity index (χ2n) is 26.3. The van der Waals surface area contributed by atoms with Crippen LogP contribution in [-0.4, -0.2) is 119 Å². The molecule has 38 heteroatoms. The molecule has 2 saturated carbocycles. The van der Waals surface area contributed by atoms with Crippen LogP contribution in [0.5, 0.6) is 0 Å². The fourth-order valence-electron chi connectivity index (χ4n) is 13.3. The molecule has 4 fully saturated rings. The molecule has 2 amide bonds. The fraction of sp³-hybridized carbons (Fsp3) is 0.338. The van der Waals surface area contributed by atoms with Crippen LogP contribution in [-0.2, 0) is 84.0 Å². The van der Waals surface area contributed by atoms with Crippen LogP contribution in [0.2, 0.25) is 0 Å². The van der Waals surface area contributed by atoms with E-state index in [9.17, 15) is 28.5 Å². The van der Waals surface area contributed by atoms with Gasteiger partial charge in [0.2, 0.25) is 11.8 Å². The molecule has 10 heterocycles. The molecule has 7 aliphatic rings. The summed E-state index contributed by atoms with van der Waals surface area (Å²) in [5.74, 6) is 15.6. The van der Waals surface area contributed by atoms with Crippen molar-refractivity contribution in [3.05, 3.63) is 250 Å². The van der Waals surface area contributed by atoms with Gasteiger partial charge in [0.15, 0.2) is 0 Å². The van der Waals surface area contributed by atoms with E-state index in [1.54, 1.807) is 18.5 Å². The third-order valence-corrected chi connectivity index (χ3v) is 19.6. The van der Waals surface area contributed by atoms with Crippen molar-refractivity contribution in [3.63, 3.8) is 0 Å². The number of pyridine rings is 2. The molecule has 618 valence electrons. The van der Waals surface area contributed by atoms with Crippen LogP contribution in [0.15, 0.2) is 187 Å². The first-order valence-electron chi connectivity index (χ1n) is 35.6. The molecule has 5 aliphatic heterocycles. The Balaban J connectivity index is 0.000000472. The summed E-state index contributed by atoms with van der Waals surface area (Å²) in [5, 5.41) is 28.5. The average molecular weight is 1930 g/mol. The number of amides is 2. The van der Waals surface area contributed by atoms with E-state index in [0.717, 1.165) is 163 Å². The van der Waals surface area contributed by atoms with Crippen LogP contribution in [0, 0.1) is 53.8 Å². The van der Waals surface area contributed by atoms with Crippen molar-refractivity contribution in [1.82, 2.24) is 49.3 Å². The van der Waals surface area contributed by atoms with Gasteiger partial charge in [-0.15, -0.1) is 44.1 Å². The molecule has 17 rings (SSSR count). The van der Waals surface area contributed by atoms with Crippen molar-refractivity contribution in [1.29, 1.82) is 0 Å². The monoisotopic (exact) mass is 1930 g/mol. The number of fused-ring (bicyclic) bond motifs is 10.